The highest BCUT2D eigenvalue weighted by Gasteiger charge is 2.07. The van der Waals surface area contributed by atoms with Crippen molar-refractivity contribution in [3.05, 3.63) is 18.2 Å². The van der Waals surface area contributed by atoms with Crippen molar-refractivity contribution in [3.63, 3.8) is 0 Å². The molecule has 86 valence electrons. The highest BCUT2D eigenvalue weighted by molar-refractivity contribution is 4.91. The van der Waals surface area contributed by atoms with Crippen LogP contribution in [0.4, 0.5) is 0 Å². The zero-order chi connectivity index (χ0) is 11.3. The molecule has 0 saturated carbocycles. The van der Waals surface area contributed by atoms with Crippen LogP contribution in [0.1, 0.15) is 33.5 Å². The van der Waals surface area contributed by atoms with Crippen molar-refractivity contribution in [2.75, 3.05) is 6.54 Å². The molecule has 1 unspecified atom stereocenters. The molecule has 1 atom stereocenters. The first-order valence-electron chi connectivity index (χ1n) is 5.85. The van der Waals surface area contributed by atoms with Crippen LogP contribution in [0.2, 0.25) is 0 Å². The Bertz CT molecular complexity index is 278. The van der Waals surface area contributed by atoms with E-state index in [1.165, 1.54) is 0 Å². The van der Waals surface area contributed by atoms with Crippen LogP contribution >= 0.6 is 0 Å². The zero-order valence-electron chi connectivity index (χ0n) is 10.3. The molecular weight excluding hydrogens is 186 g/mol. The van der Waals surface area contributed by atoms with Crippen molar-refractivity contribution in [3.8, 4) is 0 Å². The normalized spacial score (nSPS) is 13.4. The Morgan fingerprint density at radius 3 is 2.73 bits per heavy atom. The molecule has 0 aliphatic rings. The number of hydrogen-bond acceptors (Lipinski definition) is 2. The van der Waals surface area contributed by atoms with E-state index in [1.807, 2.05) is 12.4 Å². The van der Waals surface area contributed by atoms with Gasteiger partial charge < -0.3 is 9.88 Å². The summed E-state index contributed by atoms with van der Waals surface area (Å²) in [6, 6.07) is 0. The molecule has 0 amide bonds. The number of nitrogens with one attached hydrogen (secondary N) is 1. The van der Waals surface area contributed by atoms with Gasteiger partial charge in [-0.25, -0.2) is 4.98 Å². The van der Waals surface area contributed by atoms with Gasteiger partial charge in [0.25, 0.3) is 0 Å². The average molecular weight is 209 g/mol. The maximum Gasteiger partial charge on any atom is 0.122 e. The number of aromatic nitrogens is 2. The van der Waals surface area contributed by atoms with Gasteiger partial charge in [0, 0.05) is 18.9 Å². The lowest BCUT2D eigenvalue weighted by Crippen LogP contribution is -2.25. The van der Waals surface area contributed by atoms with Gasteiger partial charge >= 0.3 is 0 Å². The minimum Gasteiger partial charge on any atom is -0.334 e. The van der Waals surface area contributed by atoms with Crippen molar-refractivity contribution < 1.29 is 0 Å². The van der Waals surface area contributed by atoms with E-state index in [0.717, 1.165) is 37.3 Å². The largest absolute Gasteiger partial charge is 0.334 e. The molecule has 1 aromatic rings. The standard InChI is InChI=1S/C12H23N3/c1-5-15-7-6-14-12(15)9-13-8-11(4)10(2)3/h6-7,10-11,13H,5,8-9H2,1-4H3. The topological polar surface area (TPSA) is 29.9 Å². The molecule has 1 aromatic heterocycles. The van der Waals surface area contributed by atoms with Crippen molar-refractivity contribution in [2.45, 2.75) is 40.8 Å². The third-order valence-corrected chi connectivity index (χ3v) is 3.03. The highest BCUT2D eigenvalue weighted by Crippen LogP contribution is 2.07. The third kappa shape index (κ3) is 3.67. The van der Waals surface area contributed by atoms with Gasteiger partial charge in [0.05, 0.1) is 6.54 Å². The maximum absolute atomic E-state index is 4.33. The SMILES string of the molecule is CCn1ccnc1CNCC(C)C(C)C. The first kappa shape index (κ1) is 12.2. The number of nitrogens with zero attached hydrogens (tertiary/aromatic N) is 2. The van der Waals surface area contributed by atoms with Gasteiger partial charge in [0.2, 0.25) is 0 Å². The van der Waals surface area contributed by atoms with E-state index in [9.17, 15) is 0 Å². The summed E-state index contributed by atoms with van der Waals surface area (Å²) in [5.41, 5.74) is 0. The van der Waals surface area contributed by atoms with E-state index in [1.54, 1.807) is 0 Å². The van der Waals surface area contributed by atoms with Crippen LogP contribution in [0, 0.1) is 11.8 Å². The Morgan fingerprint density at radius 2 is 2.13 bits per heavy atom. The van der Waals surface area contributed by atoms with Crippen molar-refractivity contribution in [2.24, 2.45) is 11.8 Å². The second-order valence-corrected chi connectivity index (χ2v) is 4.48. The molecule has 0 bridgehead atoms. The van der Waals surface area contributed by atoms with Crippen LogP contribution in [0.5, 0.6) is 0 Å². The molecule has 0 aliphatic carbocycles. The fourth-order valence-electron chi connectivity index (χ4n) is 1.44. The summed E-state index contributed by atoms with van der Waals surface area (Å²) >= 11 is 0. The lowest BCUT2D eigenvalue weighted by atomic mass is 9.98. The Balaban J connectivity index is 2.31. The molecule has 1 N–H and O–H groups in total. The molecule has 0 saturated heterocycles. The van der Waals surface area contributed by atoms with Gasteiger partial charge in [-0.2, -0.15) is 0 Å². The van der Waals surface area contributed by atoms with Crippen molar-refractivity contribution in [1.82, 2.24) is 14.9 Å². The number of hydrogen-bond donors (Lipinski definition) is 1. The van der Waals surface area contributed by atoms with E-state index in [4.69, 9.17) is 0 Å². The summed E-state index contributed by atoms with van der Waals surface area (Å²) in [4.78, 5) is 4.33. The molecule has 3 nitrogen and oxygen atoms in total. The molecule has 0 aliphatic heterocycles. The molecule has 0 spiro atoms. The first-order valence-corrected chi connectivity index (χ1v) is 5.85. The van der Waals surface area contributed by atoms with Gasteiger partial charge in [-0.15, -0.1) is 0 Å². The van der Waals surface area contributed by atoms with E-state index in [-0.39, 0.29) is 0 Å². The summed E-state index contributed by atoms with van der Waals surface area (Å²) in [7, 11) is 0. The van der Waals surface area contributed by atoms with Crippen molar-refractivity contribution in [1.29, 1.82) is 0 Å². The zero-order valence-corrected chi connectivity index (χ0v) is 10.3. The Hall–Kier alpha value is -0.830. The molecule has 15 heavy (non-hydrogen) atoms. The lowest BCUT2D eigenvalue weighted by molar-refractivity contribution is 0.389. The monoisotopic (exact) mass is 209 g/mol. The predicted octanol–water partition coefficient (Wildman–Crippen LogP) is 2.28. The van der Waals surface area contributed by atoms with Crippen molar-refractivity contribution >= 4 is 0 Å². The molecule has 1 heterocycles. The summed E-state index contributed by atoms with van der Waals surface area (Å²) < 4.78 is 2.17. The molecule has 0 fully saturated rings. The first-order chi connectivity index (χ1) is 7.15. The minimum absolute atomic E-state index is 0.718. The van der Waals surface area contributed by atoms with Crippen LogP contribution in [0.3, 0.4) is 0 Å². The number of imidazole rings is 1. The van der Waals surface area contributed by atoms with E-state index in [2.05, 4.69) is 42.6 Å². The Kier molecular flexibility index (Phi) is 4.82. The molecule has 0 radical (unpaired) electrons. The minimum atomic E-state index is 0.718. The second-order valence-electron chi connectivity index (χ2n) is 4.48. The Labute approximate surface area is 92.9 Å². The summed E-state index contributed by atoms with van der Waals surface area (Å²) in [6.07, 6.45) is 3.90. The Morgan fingerprint density at radius 1 is 1.40 bits per heavy atom. The fraction of sp³-hybridized carbons (Fsp3) is 0.750. The van der Waals surface area contributed by atoms with Crippen LogP contribution in [0.15, 0.2) is 12.4 Å². The predicted molar refractivity (Wildman–Crippen MR) is 63.6 cm³/mol. The lowest BCUT2D eigenvalue weighted by Gasteiger charge is -2.16. The summed E-state index contributed by atoms with van der Waals surface area (Å²) in [6.45, 7) is 11.9. The van der Waals surface area contributed by atoms with Gasteiger partial charge in [0.1, 0.15) is 5.82 Å². The molecule has 1 rings (SSSR count). The van der Waals surface area contributed by atoms with Crippen LogP contribution in [-0.2, 0) is 13.1 Å². The second kappa shape index (κ2) is 5.91. The molecule has 3 heteroatoms. The van der Waals surface area contributed by atoms with Gasteiger partial charge in [-0.1, -0.05) is 20.8 Å². The van der Waals surface area contributed by atoms with Crippen LogP contribution in [-0.4, -0.2) is 16.1 Å². The van der Waals surface area contributed by atoms with E-state index in [0.29, 0.717) is 0 Å². The van der Waals surface area contributed by atoms with Crippen LogP contribution in [0.25, 0.3) is 0 Å². The number of aryl methyl sites for hydroxylation is 1. The third-order valence-electron chi connectivity index (χ3n) is 3.03. The number of rotatable bonds is 6. The average Bonchev–Trinajstić information content (AvgIpc) is 2.65. The quantitative estimate of drug-likeness (QED) is 0.779. The van der Waals surface area contributed by atoms with Gasteiger partial charge in [-0.3, -0.25) is 0 Å². The van der Waals surface area contributed by atoms with Gasteiger partial charge in [-0.05, 0) is 25.3 Å². The van der Waals surface area contributed by atoms with E-state index >= 15 is 0 Å². The molecular formula is C12H23N3. The summed E-state index contributed by atoms with van der Waals surface area (Å²) in [5, 5.41) is 3.46. The van der Waals surface area contributed by atoms with Gasteiger partial charge in [0.15, 0.2) is 0 Å². The maximum atomic E-state index is 4.33. The molecule has 0 aromatic carbocycles. The van der Waals surface area contributed by atoms with Crippen LogP contribution < -0.4 is 5.32 Å². The fourth-order valence-corrected chi connectivity index (χ4v) is 1.44. The highest BCUT2D eigenvalue weighted by atomic mass is 15.1. The summed E-state index contributed by atoms with van der Waals surface area (Å²) in [5.74, 6) is 2.59. The smallest absolute Gasteiger partial charge is 0.122 e. The van der Waals surface area contributed by atoms with E-state index < -0.39 is 0 Å².